The van der Waals surface area contributed by atoms with Crippen molar-refractivity contribution in [3.8, 4) is 0 Å². The Morgan fingerprint density at radius 1 is 0.909 bits per heavy atom. The van der Waals surface area contributed by atoms with Gasteiger partial charge in [-0.3, -0.25) is 4.90 Å². The van der Waals surface area contributed by atoms with Gasteiger partial charge in [0.2, 0.25) is 0 Å². The third kappa shape index (κ3) is 3.57. The Balaban J connectivity index is 1.96. The Bertz CT molecular complexity index is 515. The van der Waals surface area contributed by atoms with Crippen molar-refractivity contribution in [1.82, 2.24) is 4.90 Å². The third-order valence-corrected chi connectivity index (χ3v) is 7.20. The van der Waals surface area contributed by atoms with Crippen LogP contribution in [0.2, 0.25) is 0 Å². The van der Waals surface area contributed by atoms with E-state index >= 15 is 0 Å². The molecule has 0 amide bonds. The fourth-order valence-electron chi connectivity index (χ4n) is 3.15. The van der Waals surface area contributed by atoms with Gasteiger partial charge in [0.1, 0.15) is 0 Å². The molecule has 0 aliphatic carbocycles. The predicted molar refractivity (Wildman–Crippen MR) is 95.5 cm³/mol. The number of nitrogens with zero attached hydrogens (tertiary/aromatic N) is 1. The summed E-state index contributed by atoms with van der Waals surface area (Å²) < 4.78 is 5.55. The first kappa shape index (κ1) is 15.7. The van der Waals surface area contributed by atoms with Crippen LogP contribution < -0.4 is 10.6 Å². The summed E-state index contributed by atoms with van der Waals surface area (Å²) in [5, 5.41) is 2.95. The molecule has 1 aliphatic heterocycles. The molecule has 1 atom stereocenters. The predicted octanol–water partition coefficient (Wildman–Crippen LogP) is 3.19. The SMILES string of the molecule is CCC(N1CCOCC1)P(c1ccccc1)c1ccccc1. The molecule has 1 unspecified atom stereocenters. The van der Waals surface area contributed by atoms with Crippen LogP contribution in [0.1, 0.15) is 13.3 Å². The van der Waals surface area contributed by atoms with Crippen LogP contribution >= 0.6 is 7.92 Å². The van der Waals surface area contributed by atoms with Gasteiger partial charge in [0, 0.05) is 18.9 Å². The summed E-state index contributed by atoms with van der Waals surface area (Å²) in [6.45, 7) is 6.15. The molecule has 2 aromatic rings. The van der Waals surface area contributed by atoms with Crippen LogP contribution in [-0.4, -0.2) is 37.0 Å². The summed E-state index contributed by atoms with van der Waals surface area (Å²) in [6.07, 6.45) is 1.18. The van der Waals surface area contributed by atoms with Crippen LogP contribution in [0.3, 0.4) is 0 Å². The topological polar surface area (TPSA) is 12.5 Å². The Morgan fingerprint density at radius 2 is 1.41 bits per heavy atom. The molecule has 0 aromatic heterocycles. The fraction of sp³-hybridized carbons (Fsp3) is 0.368. The van der Waals surface area contributed by atoms with Crippen molar-refractivity contribution in [2.24, 2.45) is 0 Å². The summed E-state index contributed by atoms with van der Waals surface area (Å²) in [5.74, 6) is 0.587. The Labute approximate surface area is 134 Å². The van der Waals surface area contributed by atoms with E-state index in [1.807, 2.05) is 0 Å². The third-order valence-electron chi connectivity index (χ3n) is 4.20. The van der Waals surface area contributed by atoms with Gasteiger partial charge in [-0.25, -0.2) is 0 Å². The minimum Gasteiger partial charge on any atom is -0.379 e. The molecule has 3 heteroatoms. The Hall–Kier alpha value is -1.21. The van der Waals surface area contributed by atoms with E-state index in [9.17, 15) is 0 Å². The van der Waals surface area contributed by atoms with Gasteiger partial charge < -0.3 is 4.74 Å². The van der Waals surface area contributed by atoms with Crippen molar-refractivity contribution in [3.05, 3.63) is 60.7 Å². The van der Waals surface area contributed by atoms with Crippen molar-refractivity contribution in [3.63, 3.8) is 0 Å². The van der Waals surface area contributed by atoms with Crippen LogP contribution in [-0.2, 0) is 4.74 Å². The quantitative estimate of drug-likeness (QED) is 0.786. The van der Waals surface area contributed by atoms with Gasteiger partial charge in [0.05, 0.1) is 13.2 Å². The minimum atomic E-state index is -0.367. The highest BCUT2D eigenvalue weighted by Gasteiger charge is 2.29. The molecule has 2 nitrogen and oxygen atoms in total. The van der Waals surface area contributed by atoms with Gasteiger partial charge in [-0.2, -0.15) is 0 Å². The van der Waals surface area contributed by atoms with Crippen LogP contribution in [0.4, 0.5) is 0 Å². The van der Waals surface area contributed by atoms with Crippen LogP contribution in [0.5, 0.6) is 0 Å². The maximum Gasteiger partial charge on any atom is 0.0594 e. The number of rotatable bonds is 5. The number of morpholine rings is 1. The normalized spacial score (nSPS) is 17.5. The van der Waals surface area contributed by atoms with Gasteiger partial charge in [-0.05, 0) is 25.0 Å². The van der Waals surface area contributed by atoms with Crippen LogP contribution in [0.15, 0.2) is 60.7 Å². The zero-order valence-electron chi connectivity index (χ0n) is 13.2. The molecule has 2 aromatic carbocycles. The average Bonchev–Trinajstić information content (AvgIpc) is 2.62. The molecule has 116 valence electrons. The van der Waals surface area contributed by atoms with Gasteiger partial charge in [0.25, 0.3) is 0 Å². The second-order valence-corrected chi connectivity index (χ2v) is 7.95. The minimum absolute atomic E-state index is 0.367. The molecule has 22 heavy (non-hydrogen) atoms. The zero-order chi connectivity index (χ0) is 15.2. The first-order valence-electron chi connectivity index (χ1n) is 8.11. The Kier molecular flexibility index (Phi) is 5.61. The van der Waals surface area contributed by atoms with Crippen molar-refractivity contribution in [2.75, 3.05) is 26.3 Å². The maximum atomic E-state index is 5.55. The molecule has 0 spiro atoms. The first-order valence-corrected chi connectivity index (χ1v) is 9.52. The number of hydrogen-bond donors (Lipinski definition) is 0. The molecule has 3 rings (SSSR count). The van der Waals surface area contributed by atoms with E-state index in [1.54, 1.807) is 0 Å². The lowest BCUT2D eigenvalue weighted by molar-refractivity contribution is 0.0314. The van der Waals surface area contributed by atoms with Crippen LogP contribution in [0, 0.1) is 0 Å². The molecule has 0 bridgehead atoms. The molecule has 1 aliphatic rings. The van der Waals surface area contributed by atoms with Crippen LogP contribution in [0.25, 0.3) is 0 Å². The van der Waals surface area contributed by atoms with E-state index in [0.29, 0.717) is 5.78 Å². The smallest absolute Gasteiger partial charge is 0.0594 e. The van der Waals surface area contributed by atoms with E-state index < -0.39 is 0 Å². The first-order chi connectivity index (χ1) is 10.9. The van der Waals surface area contributed by atoms with Crippen molar-refractivity contribution in [2.45, 2.75) is 19.1 Å². The number of ether oxygens (including phenoxy) is 1. The summed E-state index contributed by atoms with van der Waals surface area (Å²) in [7, 11) is -0.367. The van der Waals surface area contributed by atoms with Gasteiger partial charge in [-0.1, -0.05) is 67.6 Å². The molecule has 0 N–H and O–H groups in total. The van der Waals surface area contributed by atoms with Crippen molar-refractivity contribution in [1.29, 1.82) is 0 Å². The summed E-state index contributed by atoms with van der Waals surface area (Å²) in [4.78, 5) is 2.63. The molecule has 0 radical (unpaired) electrons. The maximum absolute atomic E-state index is 5.55. The van der Waals surface area contributed by atoms with E-state index in [-0.39, 0.29) is 7.92 Å². The molecule has 0 saturated carbocycles. The van der Waals surface area contributed by atoms with Gasteiger partial charge in [0.15, 0.2) is 0 Å². The second-order valence-electron chi connectivity index (χ2n) is 5.58. The standard InChI is InChI=1S/C19H24NOP/c1-2-19(20-13-15-21-16-14-20)22(17-9-5-3-6-10-17)18-11-7-4-8-12-18/h3-12,19H,2,13-16H2,1H3. The second kappa shape index (κ2) is 7.87. The highest BCUT2D eigenvalue weighted by atomic mass is 31.1. The molecule has 1 fully saturated rings. The number of hydrogen-bond acceptors (Lipinski definition) is 2. The number of benzene rings is 2. The van der Waals surface area contributed by atoms with Crippen molar-refractivity contribution >= 4 is 18.5 Å². The summed E-state index contributed by atoms with van der Waals surface area (Å²) in [5.41, 5.74) is 0. The average molecular weight is 313 g/mol. The fourth-order valence-corrected chi connectivity index (χ4v) is 6.05. The van der Waals surface area contributed by atoms with E-state index in [1.165, 1.54) is 17.0 Å². The van der Waals surface area contributed by atoms with E-state index in [0.717, 1.165) is 26.3 Å². The van der Waals surface area contributed by atoms with Crippen molar-refractivity contribution < 1.29 is 4.74 Å². The monoisotopic (exact) mass is 313 g/mol. The highest BCUT2D eigenvalue weighted by Crippen LogP contribution is 2.42. The lowest BCUT2D eigenvalue weighted by atomic mass is 10.3. The lowest BCUT2D eigenvalue weighted by Crippen LogP contribution is -2.44. The zero-order valence-corrected chi connectivity index (χ0v) is 14.1. The summed E-state index contributed by atoms with van der Waals surface area (Å²) >= 11 is 0. The molecular weight excluding hydrogens is 289 g/mol. The Morgan fingerprint density at radius 3 is 1.86 bits per heavy atom. The molecular formula is C19H24NOP. The summed E-state index contributed by atoms with van der Waals surface area (Å²) in [6, 6.07) is 22.1. The van der Waals surface area contributed by atoms with E-state index in [2.05, 4.69) is 72.5 Å². The van der Waals surface area contributed by atoms with Gasteiger partial charge in [-0.15, -0.1) is 0 Å². The van der Waals surface area contributed by atoms with Gasteiger partial charge >= 0.3 is 0 Å². The molecule has 1 heterocycles. The largest absolute Gasteiger partial charge is 0.379 e. The van der Waals surface area contributed by atoms with E-state index in [4.69, 9.17) is 4.74 Å². The molecule has 1 saturated heterocycles. The lowest BCUT2D eigenvalue weighted by Gasteiger charge is -2.39. The highest BCUT2D eigenvalue weighted by molar-refractivity contribution is 7.73.